The average Bonchev–Trinajstić information content (AvgIpc) is 2.49. The van der Waals surface area contributed by atoms with Gasteiger partial charge in [0.2, 0.25) is 10.0 Å². The van der Waals surface area contributed by atoms with Crippen molar-refractivity contribution in [3.05, 3.63) is 29.3 Å². The van der Waals surface area contributed by atoms with Crippen LogP contribution in [0.3, 0.4) is 0 Å². The number of aliphatic hydroxyl groups excluding tert-OH is 1. The summed E-state index contributed by atoms with van der Waals surface area (Å²) in [5.74, 6) is -1.61. The van der Waals surface area contributed by atoms with Crippen molar-refractivity contribution < 1.29 is 27.9 Å². The fourth-order valence-electron chi connectivity index (χ4n) is 1.87. The van der Waals surface area contributed by atoms with Crippen LogP contribution in [0, 0.1) is 0 Å². The van der Waals surface area contributed by atoms with Crippen molar-refractivity contribution >= 4 is 33.5 Å². The fourth-order valence-corrected chi connectivity index (χ4v) is 3.26. The number of benzene rings is 1. The number of halogens is 1. The maximum atomic E-state index is 12.3. The number of hydrogen-bond acceptors (Lipinski definition) is 6. The summed E-state index contributed by atoms with van der Waals surface area (Å²) in [6.45, 7) is 5.90. The number of ether oxygens (including phenoxy) is 1. The van der Waals surface area contributed by atoms with Crippen LogP contribution in [0.2, 0.25) is 5.02 Å². The first-order valence-corrected chi connectivity index (χ1v) is 9.61. The summed E-state index contributed by atoms with van der Waals surface area (Å²) < 4.78 is 31.6. The minimum atomic E-state index is -4.10. The van der Waals surface area contributed by atoms with Gasteiger partial charge in [-0.05, 0) is 52.0 Å². The molecule has 10 heteroatoms. The summed E-state index contributed by atoms with van der Waals surface area (Å²) in [6, 6.07) is 3.70. The van der Waals surface area contributed by atoms with E-state index in [1.165, 1.54) is 31.2 Å². The van der Waals surface area contributed by atoms with Crippen molar-refractivity contribution in [3.63, 3.8) is 0 Å². The minimum absolute atomic E-state index is 0.133. The Hall–Kier alpha value is -1.68. The van der Waals surface area contributed by atoms with E-state index in [2.05, 4.69) is 10.0 Å². The lowest BCUT2D eigenvalue weighted by Crippen LogP contribution is -2.49. The topological polar surface area (TPSA) is 122 Å². The molecule has 0 fully saturated rings. The van der Waals surface area contributed by atoms with Gasteiger partial charge in [0, 0.05) is 10.6 Å². The Labute approximate surface area is 157 Å². The van der Waals surface area contributed by atoms with E-state index in [-0.39, 0.29) is 4.90 Å². The smallest absolute Gasteiger partial charge is 0.327 e. The highest BCUT2D eigenvalue weighted by Crippen LogP contribution is 2.15. The molecule has 0 saturated carbocycles. The van der Waals surface area contributed by atoms with Gasteiger partial charge in [0.05, 0.1) is 11.0 Å². The Balaban J connectivity index is 2.80. The highest BCUT2D eigenvalue weighted by atomic mass is 35.5. The first kappa shape index (κ1) is 22.4. The number of amides is 1. The Bertz CT molecular complexity index is 741. The molecule has 3 N–H and O–H groups in total. The lowest BCUT2D eigenvalue weighted by Gasteiger charge is -2.22. The van der Waals surface area contributed by atoms with Crippen LogP contribution in [-0.2, 0) is 24.3 Å². The van der Waals surface area contributed by atoms with Crippen LogP contribution in [0.25, 0.3) is 0 Å². The predicted octanol–water partition coefficient (Wildman–Crippen LogP) is 0.826. The molecular formula is C16H23ClN2O6S. The van der Waals surface area contributed by atoms with E-state index >= 15 is 0 Å². The maximum absolute atomic E-state index is 12.3. The van der Waals surface area contributed by atoms with E-state index in [1.807, 2.05) is 0 Å². The zero-order valence-electron chi connectivity index (χ0n) is 14.9. The molecule has 1 rings (SSSR count). The molecule has 8 nitrogen and oxygen atoms in total. The fraction of sp³-hybridized carbons (Fsp3) is 0.500. The summed E-state index contributed by atoms with van der Waals surface area (Å²) in [4.78, 5) is 23.7. The monoisotopic (exact) mass is 406 g/mol. The number of hydrogen-bond donors (Lipinski definition) is 3. The Kier molecular flexibility index (Phi) is 7.57. The first-order valence-electron chi connectivity index (χ1n) is 7.75. The van der Waals surface area contributed by atoms with Gasteiger partial charge in [-0.15, -0.1) is 0 Å². The molecule has 0 radical (unpaired) electrons. The normalized spacial score (nSPS) is 14.4. The van der Waals surface area contributed by atoms with Crippen LogP contribution in [0.4, 0.5) is 0 Å². The lowest BCUT2D eigenvalue weighted by atomic mass is 10.1. The molecule has 1 amide bonds. The third-order valence-corrected chi connectivity index (χ3v) is 4.71. The molecule has 0 aliphatic heterocycles. The molecule has 26 heavy (non-hydrogen) atoms. The molecule has 0 saturated heterocycles. The minimum Gasteiger partial charge on any atom is -0.454 e. The maximum Gasteiger partial charge on any atom is 0.327 e. The number of carbonyl (C=O) groups is 2. The van der Waals surface area contributed by atoms with E-state index < -0.39 is 46.2 Å². The summed E-state index contributed by atoms with van der Waals surface area (Å²) in [5.41, 5.74) is -0.511. The van der Waals surface area contributed by atoms with Gasteiger partial charge in [0.15, 0.2) is 6.61 Å². The average molecular weight is 407 g/mol. The van der Waals surface area contributed by atoms with E-state index in [1.54, 1.807) is 20.8 Å². The number of nitrogens with one attached hydrogen (secondary N) is 2. The predicted molar refractivity (Wildman–Crippen MR) is 96.1 cm³/mol. The Morgan fingerprint density at radius 2 is 1.77 bits per heavy atom. The van der Waals surface area contributed by atoms with Gasteiger partial charge in [-0.2, -0.15) is 4.72 Å². The molecule has 0 unspecified atom stereocenters. The second-order valence-corrected chi connectivity index (χ2v) is 8.85. The van der Waals surface area contributed by atoms with Crippen molar-refractivity contribution in [1.29, 1.82) is 0 Å². The number of aliphatic hydroxyl groups is 1. The van der Waals surface area contributed by atoms with Crippen molar-refractivity contribution in [2.24, 2.45) is 0 Å². The van der Waals surface area contributed by atoms with Crippen LogP contribution < -0.4 is 10.0 Å². The SMILES string of the molecule is C[C@H](O)[C@H](NS(=O)(=O)c1ccc(Cl)cc1)C(=O)OCC(=O)NC(C)(C)C. The van der Waals surface area contributed by atoms with E-state index in [4.69, 9.17) is 16.3 Å². The number of sulfonamides is 1. The van der Waals surface area contributed by atoms with Gasteiger partial charge < -0.3 is 15.2 Å². The highest BCUT2D eigenvalue weighted by molar-refractivity contribution is 7.89. The van der Waals surface area contributed by atoms with E-state index in [0.29, 0.717) is 5.02 Å². The number of rotatable bonds is 7. The van der Waals surface area contributed by atoms with E-state index in [0.717, 1.165) is 0 Å². The molecular weight excluding hydrogens is 384 g/mol. The second-order valence-electron chi connectivity index (χ2n) is 6.70. The molecule has 0 aromatic heterocycles. The van der Waals surface area contributed by atoms with Gasteiger partial charge in [-0.3, -0.25) is 9.59 Å². The highest BCUT2D eigenvalue weighted by Gasteiger charge is 2.31. The summed E-state index contributed by atoms with van der Waals surface area (Å²) in [5, 5.41) is 12.7. The molecule has 0 heterocycles. The molecule has 2 atom stereocenters. The summed E-state index contributed by atoms with van der Waals surface area (Å²) in [7, 11) is -4.10. The van der Waals surface area contributed by atoms with Gasteiger partial charge in [-0.1, -0.05) is 11.6 Å². The van der Waals surface area contributed by atoms with Gasteiger partial charge in [0.25, 0.3) is 5.91 Å². The Morgan fingerprint density at radius 1 is 1.23 bits per heavy atom. The van der Waals surface area contributed by atoms with Crippen molar-refractivity contribution in [1.82, 2.24) is 10.0 Å². The van der Waals surface area contributed by atoms with Crippen molar-refractivity contribution in [2.45, 2.75) is 50.3 Å². The number of esters is 1. The number of carbonyl (C=O) groups excluding carboxylic acids is 2. The molecule has 0 aliphatic rings. The standard InChI is InChI=1S/C16H23ClN2O6S/c1-10(20)14(15(22)25-9-13(21)18-16(2,3)4)19-26(23,24)12-7-5-11(17)6-8-12/h5-8,10,14,19-20H,9H2,1-4H3,(H,18,21)/t10-,14-/m0/s1. The molecule has 146 valence electrons. The van der Waals surface area contributed by atoms with Crippen LogP contribution in [0.5, 0.6) is 0 Å². The zero-order chi connectivity index (χ0) is 20.1. The third-order valence-electron chi connectivity index (χ3n) is 3.00. The largest absolute Gasteiger partial charge is 0.454 e. The third kappa shape index (κ3) is 7.28. The van der Waals surface area contributed by atoms with Crippen LogP contribution in [0.15, 0.2) is 29.2 Å². The quantitative estimate of drug-likeness (QED) is 0.576. The second kappa shape index (κ2) is 8.81. The van der Waals surface area contributed by atoms with Crippen molar-refractivity contribution in [3.8, 4) is 0 Å². The van der Waals surface area contributed by atoms with Crippen LogP contribution >= 0.6 is 11.6 Å². The molecule has 0 bridgehead atoms. The van der Waals surface area contributed by atoms with Crippen molar-refractivity contribution in [2.75, 3.05) is 6.61 Å². The van der Waals surface area contributed by atoms with E-state index in [9.17, 15) is 23.1 Å². The van der Waals surface area contributed by atoms with Gasteiger partial charge >= 0.3 is 5.97 Å². The molecule has 1 aromatic carbocycles. The van der Waals surface area contributed by atoms with Crippen LogP contribution in [0.1, 0.15) is 27.7 Å². The molecule has 1 aromatic rings. The lowest BCUT2D eigenvalue weighted by molar-refractivity contribution is -0.152. The van der Waals surface area contributed by atoms with Gasteiger partial charge in [-0.25, -0.2) is 8.42 Å². The molecule has 0 aliphatic carbocycles. The molecule has 0 spiro atoms. The summed E-state index contributed by atoms with van der Waals surface area (Å²) in [6.07, 6.45) is -1.38. The van der Waals surface area contributed by atoms with Crippen LogP contribution in [-0.4, -0.2) is 49.7 Å². The summed E-state index contributed by atoms with van der Waals surface area (Å²) >= 11 is 5.72. The first-order chi connectivity index (χ1) is 11.8. The zero-order valence-corrected chi connectivity index (χ0v) is 16.5. The Morgan fingerprint density at radius 3 is 2.23 bits per heavy atom. The van der Waals surface area contributed by atoms with Gasteiger partial charge in [0.1, 0.15) is 6.04 Å².